The largest absolute Gasteiger partial charge is 0.383 e. The Balaban J connectivity index is 1.62. The number of benzene rings is 2. The minimum absolute atomic E-state index is 0.0185. The molecule has 14 heteroatoms. The van der Waals surface area contributed by atoms with Crippen molar-refractivity contribution in [2.24, 2.45) is 5.14 Å². The molecule has 0 aliphatic rings. The smallest absolute Gasteiger partial charge is 0.242 e. The standard InChI is InChI=1S/C24H26FN5O5S3/c1-35-10-9-30-14-18(13-28-30)17-4-7-20-21(12-17)36-24(29-20)22(23(31)27-8-11-38(26,33)34)37(32)15-16-2-5-19(25)6-3-16/h2-7,12-14,22H,8-11,15H2,1H3,(H,27,31)(H2,26,33,34). The molecule has 2 atom stereocenters. The Morgan fingerprint density at radius 1 is 1.24 bits per heavy atom. The average Bonchev–Trinajstić information content (AvgIpc) is 3.50. The van der Waals surface area contributed by atoms with Crippen LogP contribution in [0.3, 0.4) is 0 Å². The summed E-state index contributed by atoms with van der Waals surface area (Å²) in [6, 6.07) is 11.1. The van der Waals surface area contributed by atoms with Gasteiger partial charge in [0, 0.05) is 42.0 Å². The highest BCUT2D eigenvalue weighted by molar-refractivity contribution is 7.89. The second-order valence-electron chi connectivity index (χ2n) is 8.41. The molecule has 0 aliphatic heterocycles. The molecule has 10 nitrogen and oxygen atoms in total. The van der Waals surface area contributed by atoms with Crippen molar-refractivity contribution in [3.05, 3.63) is 71.2 Å². The Bertz CT molecular complexity index is 1550. The molecule has 38 heavy (non-hydrogen) atoms. The molecule has 0 spiro atoms. The van der Waals surface area contributed by atoms with Gasteiger partial charge in [-0.25, -0.2) is 22.9 Å². The van der Waals surface area contributed by atoms with Gasteiger partial charge in [-0.2, -0.15) is 5.10 Å². The van der Waals surface area contributed by atoms with Crippen LogP contribution in [0.4, 0.5) is 4.39 Å². The van der Waals surface area contributed by atoms with Crippen LogP contribution in [0.1, 0.15) is 15.8 Å². The van der Waals surface area contributed by atoms with Crippen molar-refractivity contribution in [2.75, 3.05) is 26.0 Å². The SMILES string of the molecule is COCCn1cc(-c2ccc3nc(C(C(=O)NCCS(N)(=O)=O)S(=O)Cc4ccc(F)cc4)sc3c2)cn1. The van der Waals surface area contributed by atoms with Gasteiger partial charge in [-0.3, -0.25) is 13.7 Å². The number of primary sulfonamides is 1. The Morgan fingerprint density at radius 2 is 2.00 bits per heavy atom. The molecule has 0 bridgehead atoms. The van der Waals surface area contributed by atoms with Gasteiger partial charge in [0.25, 0.3) is 0 Å². The Kier molecular flexibility index (Phi) is 8.99. The highest BCUT2D eigenvalue weighted by Crippen LogP contribution is 2.33. The zero-order chi connectivity index (χ0) is 27.3. The lowest BCUT2D eigenvalue weighted by atomic mass is 10.1. The Labute approximate surface area is 225 Å². The molecule has 0 saturated heterocycles. The number of hydrogen-bond donors (Lipinski definition) is 2. The van der Waals surface area contributed by atoms with Gasteiger partial charge in [-0.15, -0.1) is 11.3 Å². The number of carbonyl (C=O) groups excluding carboxylic acids is 1. The molecule has 2 unspecified atom stereocenters. The van der Waals surface area contributed by atoms with Crippen molar-refractivity contribution in [2.45, 2.75) is 17.5 Å². The van der Waals surface area contributed by atoms with Gasteiger partial charge in [0.05, 0.1) is 35.3 Å². The van der Waals surface area contributed by atoms with Crippen molar-refractivity contribution >= 4 is 48.3 Å². The van der Waals surface area contributed by atoms with Gasteiger partial charge in [-0.1, -0.05) is 18.2 Å². The summed E-state index contributed by atoms with van der Waals surface area (Å²) in [6.45, 7) is 0.920. The van der Waals surface area contributed by atoms with E-state index in [1.165, 1.54) is 35.6 Å². The quantitative estimate of drug-likeness (QED) is 0.262. The molecule has 202 valence electrons. The average molecular weight is 580 g/mol. The first kappa shape index (κ1) is 28.0. The monoisotopic (exact) mass is 579 g/mol. The van der Waals surface area contributed by atoms with Gasteiger partial charge in [-0.05, 0) is 35.4 Å². The third-order valence-corrected chi connectivity index (χ3v) is 9.12. The number of nitrogens with one attached hydrogen (secondary N) is 1. The third-order valence-electron chi connectivity index (χ3n) is 5.53. The van der Waals surface area contributed by atoms with E-state index in [1.807, 2.05) is 24.4 Å². The summed E-state index contributed by atoms with van der Waals surface area (Å²) in [4.78, 5) is 17.7. The number of amides is 1. The van der Waals surface area contributed by atoms with Crippen LogP contribution < -0.4 is 10.5 Å². The number of fused-ring (bicyclic) bond motifs is 1. The molecule has 0 saturated carbocycles. The molecular weight excluding hydrogens is 553 g/mol. The fraction of sp³-hybridized carbons (Fsp3) is 0.292. The molecular formula is C24H26FN5O5S3. The lowest BCUT2D eigenvalue weighted by Gasteiger charge is -2.14. The molecule has 0 aliphatic carbocycles. The topological polar surface area (TPSA) is 146 Å². The molecule has 4 rings (SSSR count). The number of ether oxygens (including phenoxy) is 1. The molecule has 2 heterocycles. The lowest BCUT2D eigenvalue weighted by molar-refractivity contribution is -0.120. The van der Waals surface area contributed by atoms with Crippen LogP contribution in [-0.4, -0.2) is 59.3 Å². The summed E-state index contributed by atoms with van der Waals surface area (Å²) in [6.07, 6.45) is 3.65. The normalized spacial score (nSPS) is 13.4. The number of halogens is 1. The van der Waals surface area contributed by atoms with Crippen molar-refractivity contribution in [1.82, 2.24) is 20.1 Å². The summed E-state index contributed by atoms with van der Waals surface area (Å²) in [5.41, 5.74) is 3.01. The van der Waals surface area contributed by atoms with Crippen LogP contribution in [0.15, 0.2) is 54.9 Å². The molecule has 1 amide bonds. The van der Waals surface area contributed by atoms with E-state index in [9.17, 15) is 21.8 Å². The summed E-state index contributed by atoms with van der Waals surface area (Å²) >= 11 is 1.23. The van der Waals surface area contributed by atoms with E-state index in [0.717, 1.165) is 15.8 Å². The number of carbonyl (C=O) groups is 1. The Morgan fingerprint density at radius 3 is 2.71 bits per heavy atom. The highest BCUT2D eigenvalue weighted by Gasteiger charge is 2.31. The first-order valence-corrected chi connectivity index (χ1v) is 15.4. The zero-order valence-electron chi connectivity index (χ0n) is 20.4. The number of sulfonamides is 1. The van der Waals surface area contributed by atoms with E-state index in [-0.39, 0.29) is 12.3 Å². The minimum Gasteiger partial charge on any atom is -0.383 e. The van der Waals surface area contributed by atoms with Gasteiger partial charge >= 0.3 is 0 Å². The van der Waals surface area contributed by atoms with E-state index in [2.05, 4.69) is 15.4 Å². The van der Waals surface area contributed by atoms with Crippen molar-refractivity contribution in [1.29, 1.82) is 0 Å². The Hall–Kier alpha value is -3.04. The van der Waals surface area contributed by atoms with Crippen LogP contribution >= 0.6 is 11.3 Å². The van der Waals surface area contributed by atoms with Gasteiger partial charge < -0.3 is 10.1 Å². The number of nitrogens with two attached hydrogens (primary N) is 1. The lowest BCUT2D eigenvalue weighted by Crippen LogP contribution is -2.36. The van der Waals surface area contributed by atoms with Crippen LogP contribution in [0.25, 0.3) is 21.3 Å². The van der Waals surface area contributed by atoms with Crippen LogP contribution in [0.5, 0.6) is 0 Å². The zero-order valence-corrected chi connectivity index (χ0v) is 22.8. The van der Waals surface area contributed by atoms with E-state index in [0.29, 0.717) is 29.2 Å². The second-order valence-corrected chi connectivity index (χ2v) is 12.7. The minimum atomic E-state index is -3.79. The number of rotatable bonds is 12. The number of methoxy groups -OCH3 is 1. The van der Waals surface area contributed by atoms with E-state index in [4.69, 9.17) is 9.88 Å². The first-order chi connectivity index (χ1) is 18.1. The summed E-state index contributed by atoms with van der Waals surface area (Å²) in [5.74, 6) is -1.54. The fourth-order valence-electron chi connectivity index (χ4n) is 3.64. The van der Waals surface area contributed by atoms with Crippen molar-refractivity contribution in [3.8, 4) is 11.1 Å². The van der Waals surface area contributed by atoms with Crippen molar-refractivity contribution in [3.63, 3.8) is 0 Å². The van der Waals surface area contributed by atoms with Crippen LogP contribution in [0.2, 0.25) is 0 Å². The van der Waals surface area contributed by atoms with Gasteiger partial charge in [0.2, 0.25) is 15.9 Å². The van der Waals surface area contributed by atoms with Crippen LogP contribution in [0, 0.1) is 5.82 Å². The predicted octanol–water partition coefficient (Wildman–Crippen LogP) is 2.34. The maximum absolute atomic E-state index is 13.4. The fourth-order valence-corrected chi connectivity index (χ4v) is 6.76. The summed E-state index contributed by atoms with van der Waals surface area (Å²) in [7, 11) is -3.95. The van der Waals surface area contributed by atoms with Gasteiger partial charge in [0.1, 0.15) is 10.8 Å². The molecule has 0 radical (unpaired) electrons. The van der Waals surface area contributed by atoms with E-state index in [1.54, 1.807) is 18.0 Å². The maximum Gasteiger partial charge on any atom is 0.242 e. The summed E-state index contributed by atoms with van der Waals surface area (Å²) < 4.78 is 57.0. The number of hydrogen-bond acceptors (Lipinski definition) is 8. The van der Waals surface area contributed by atoms with Gasteiger partial charge in [0.15, 0.2) is 5.25 Å². The van der Waals surface area contributed by atoms with Crippen molar-refractivity contribution < 1.29 is 26.5 Å². The number of nitrogens with zero attached hydrogens (tertiary/aromatic N) is 3. The molecule has 3 N–H and O–H groups in total. The molecule has 2 aromatic heterocycles. The summed E-state index contributed by atoms with van der Waals surface area (Å²) in [5, 5.41) is 11.0. The van der Waals surface area contributed by atoms with E-state index < -0.39 is 43.6 Å². The van der Waals surface area contributed by atoms with E-state index >= 15 is 0 Å². The second kappa shape index (κ2) is 12.2. The molecule has 2 aromatic carbocycles. The number of aromatic nitrogens is 3. The number of thiazole rings is 1. The maximum atomic E-state index is 13.4. The first-order valence-electron chi connectivity index (χ1n) is 11.4. The third kappa shape index (κ3) is 7.29. The molecule has 4 aromatic rings. The van der Waals surface area contributed by atoms with Crippen LogP contribution in [-0.2, 0) is 42.7 Å². The predicted molar refractivity (Wildman–Crippen MR) is 145 cm³/mol. The highest BCUT2D eigenvalue weighted by atomic mass is 32.2. The molecule has 0 fully saturated rings.